The Balaban J connectivity index is 2.13. The van der Waals surface area contributed by atoms with Crippen molar-refractivity contribution in [1.29, 1.82) is 0 Å². The predicted molar refractivity (Wildman–Crippen MR) is 127 cm³/mol. The Morgan fingerprint density at radius 2 is 1.88 bits per heavy atom. The molecule has 0 radical (unpaired) electrons. The molecule has 0 aliphatic carbocycles. The molecule has 10 nitrogen and oxygen atoms in total. The van der Waals surface area contributed by atoms with E-state index in [4.69, 9.17) is 20.6 Å². The van der Waals surface area contributed by atoms with Crippen LogP contribution in [0.15, 0.2) is 47.1 Å². The molecule has 0 saturated carbocycles. The summed E-state index contributed by atoms with van der Waals surface area (Å²) >= 11 is 0.748. The van der Waals surface area contributed by atoms with Crippen LogP contribution < -0.4 is 21.5 Å². The van der Waals surface area contributed by atoms with Crippen LogP contribution in [0.25, 0.3) is 0 Å². The highest BCUT2D eigenvalue weighted by molar-refractivity contribution is 7.09. The smallest absolute Gasteiger partial charge is 0.270 e. The van der Waals surface area contributed by atoms with Crippen LogP contribution in [0, 0.1) is 0 Å². The number of hydrogen-bond donors (Lipinski definition) is 3. The van der Waals surface area contributed by atoms with Crippen molar-refractivity contribution in [3.63, 3.8) is 0 Å². The second kappa shape index (κ2) is 9.96. The van der Waals surface area contributed by atoms with E-state index in [0.717, 1.165) is 11.5 Å². The van der Waals surface area contributed by atoms with Gasteiger partial charge in [0, 0.05) is 5.54 Å². The van der Waals surface area contributed by atoms with Crippen molar-refractivity contribution in [3.05, 3.63) is 64.6 Å². The van der Waals surface area contributed by atoms with Crippen LogP contribution in [0.1, 0.15) is 58.3 Å². The summed E-state index contributed by atoms with van der Waals surface area (Å²) in [6.07, 6.45) is 1.47. The van der Waals surface area contributed by atoms with Crippen LogP contribution in [-0.2, 0) is 11.3 Å². The van der Waals surface area contributed by atoms with Crippen LogP contribution in [-0.4, -0.2) is 39.6 Å². The zero-order valence-electron chi connectivity index (χ0n) is 19.3. The minimum atomic E-state index is -1.05. The minimum absolute atomic E-state index is 0.00225. The Labute approximate surface area is 201 Å². The lowest BCUT2D eigenvalue weighted by atomic mass is 10.0. The number of methoxy groups -OCH3 is 1. The Morgan fingerprint density at radius 3 is 2.38 bits per heavy atom. The second-order valence-corrected chi connectivity index (χ2v) is 9.34. The van der Waals surface area contributed by atoms with Gasteiger partial charge in [-0.3, -0.25) is 14.4 Å². The van der Waals surface area contributed by atoms with Gasteiger partial charge in [-0.2, -0.15) is 4.37 Å². The van der Waals surface area contributed by atoms with Crippen molar-refractivity contribution >= 4 is 34.9 Å². The molecule has 0 aliphatic heterocycles. The number of benzene rings is 1. The number of nitrogens with zero attached hydrogens (tertiary/aromatic N) is 2. The van der Waals surface area contributed by atoms with Gasteiger partial charge < -0.3 is 30.8 Å². The highest BCUT2D eigenvalue weighted by Crippen LogP contribution is 2.31. The van der Waals surface area contributed by atoms with Crippen molar-refractivity contribution in [3.8, 4) is 5.75 Å². The Kier molecular flexibility index (Phi) is 7.26. The number of anilines is 1. The Morgan fingerprint density at radius 1 is 1.21 bits per heavy atom. The number of primary amides is 1. The number of hydrogen-bond acceptors (Lipinski definition) is 8. The van der Waals surface area contributed by atoms with Crippen molar-refractivity contribution in [2.75, 3.05) is 12.8 Å². The molecule has 0 spiro atoms. The summed E-state index contributed by atoms with van der Waals surface area (Å²) in [5.41, 5.74) is 11.0. The van der Waals surface area contributed by atoms with E-state index in [1.165, 1.54) is 18.3 Å². The molecule has 2 heterocycles. The van der Waals surface area contributed by atoms with E-state index in [-0.39, 0.29) is 22.8 Å². The average molecular weight is 486 g/mol. The number of furan rings is 1. The molecule has 0 bridgehead atoms. The first kappa shape index (κ1) is 24.8. The van der Waals surface area contributed by atoms with Gasteiger partial charge in [0.05, 0.1) is 25.6 Å². The summed E-state index contributed by atoms with van der Waals surface area (Å²) in [6.45, 7) is 5.49. The Hall–Kier alpha value is -3.86. The molecule has 1 atom stereocenters. The van der Waals surface area contributed by atoms with Crippen LogP contribution in [0.2, 0.25) is 0 Å². The van der Waals surface area contributed by atoms with Gasteiger partial charge in [-0.05, 0) is 62.1 Å². The third-order valence-electron chi connectivity index (χ3n) is 4.81. The first-order valence-electron chi connectivity index (χ1n) is 10.4. The number of nitrogens with two attached hydrogens (primary N) is 2. The number of ether oxygens (including phenoxy) is 1. The molecule has 0 aliphatic rings. The van der Waals surface area contributed by atoms with Gasteiger partial charge >= 0.3 is 0 Å². The lowest BCUT2D eigenvalue weighted by molar-refractivity contribution is -0.127. The molecule has 0 saturated heterocycles. The van der Waals surface area contributed by atoms with E-state index in [0.29, 0.717) is 17.1 Å². The van der Waals surface area contributed by atoms with Crippen molar-refractivity contribution in [1.82, 2.24) is 14.6 Å². The van der Waals surface area contributed by atoms with Crippen molar-refractivity contribution < 1.29 is 23.5 Å². The van der Waals surface area contributed by atoms with Gasteiger partial charge in [-0.1, -0.05) is 12.1 Å². The topological polar surface area (TPSA) is 154 Å². The zero-order valence-corrected chi connectivity index (χ0v) is 20.1. The quantitative estimate of drug-likeness (QED) is 0.443. The van der Waals surface area contributed by atoms with Gasteiger partial charge in [0.1, 0.15) is 22.4 Å². The average Bonchev–Trinajstić information content (AvgIpc) is 3.41. The zero-order chi connectivity index (χ0) is 25.0. The number of carbonyl (C=O) groups excluding carboxylic acids is 3. The maximum Gasteiger partial charge on any atom is 0.270 e. The third-order valence-corrected chi connectivity index (χ3v) is 5.66. The van der Waals surface area contributed by atoms with E-state index >= 15 is 0 Å². The largest absolute Gasteiger partial charge is 0.497 e. The van der Waals surface area contributed by atoms with Crippen LogP contribution in [0.5, 0.6) is 5.75 Å². The van der Waals surface area contributed by atoms with Gasteiger partial charge in [-0.15, -0.1) is 0 Å². The summed E-state index contributed by atoms with van der Waals surface area (Å²) < 4.78 is 14.6. The summed E-state index contributed by atoms with van der Waals surface area (Å²) in [4.78, 5) is 40.3. The monoisotopic (exact) mass is 485 g/mol. The normalized spacial score (nSPS) is 12.1. The lowest BCUT2D eigenvalue weighted by Gasteiger charge is -2.33. The second-order valence-electron chi connectivity index (χ2n) is 8.57. The van der Waals surface area contributed by atoms with Crippen LogP contribution >= 0.6 is 11.5 Å². The van der Waals surface area contributed by atoms with E-state index in [2.05, 4.69) is 9.69 Å². The molecule has 3 aromatic rings. The highest BCUT2D eigenvalue weighted by Gasteiger charge is 2.36. The fourth-order valence-electron chi connectivity index (χ4n) is 3.31. The first-order valence-corrected chi connectivity index (χ1v) is 11.1. The standard InChI is InChI=1S/C23H27N5O5S/c1-23(2,3)26-21(30)18(13-7-9-14(32-4)10-8-13)28(12-15-6-5-11-33-15)22(31)19-16(24)17(20(25)29)27-34-19/h5-11,18H,12,24H2,1-4H3,(H2,25,29)(H,26,30)/t18-/m1/s1. The van der Waals surface area contributed by atoms with Gasteiger partial charge in [0.2, 0.25) is 5.91 Å². The molecule has 180 valence electrons. The predicted octanol–water partition coefficient (Wildman–Crippen LogP) is 2.72. The first-order chi connectivity index (χ1) is 16.0. The van der Waals surface area contributed by atoms with Crippen LogP contribution in [0.4, 0.5) is 5.69 Å². The molecule has 11 heteroatoms. The van der Waals surface area contributed by atoms with E-state index in [1.54, 1.807) is 36.4 Å². The number of nitrogen functional groups attached to an aromatic ring is 1. The van der Waals surface area contributed by atoms with Crippen molar-refractivity contribution in [2.24, 2.45) is 5.73 Å². The number of carbonyl (C=O) groups is 3. The molecule has 0 fully saturated rings. The molecule has 3 rings (SSSR count). The summed E-state index contributed by atoms with van der Waals surface area (Å²) in [5.74, 6) is -0.795. The SMILES string of the molecule is COc1ccc([C@H](C(=O)NC(C)(C)C)N(Cc2ccco2)C(=O)c2snc(C(N)=O)c2N)cc1. The molecule has 1 aromatic carbocycles. The van der Waals surface area contributed by atoms with Crippen molar-refractivity contribution in [2.45, 2.75) is 38.9 Å². The Bertz CT molecular complexity index is 1170. The molecule has 2 aromatic heterocycles. The van der Waals surface area contributed by atoms with Gasteiger partial charge in [0.15, 0.2) is 5.69 Å². The van der Waals surface area contributed by atoms with Gasteiger partial charge in [0.25, 0.3) is 11.8 Å². The molecule has 0 unspecified atom stereocenters. The number of amides is 3. The van der Waals surface area contributed by atoms with E-state index in [1.807, 2.05) is 20.8 Å². The maximum absolute atomic E-state index is 13.8. The molecule has 5 N–H and O–H groups in total. The summed E-state index contributed by atoms with van der Waals surface area (Å²) in [6, 6.07) is 9.14. The lowest BCUT2D eigenvalue weighted by Crippen LogP contribution is -2.49. The molecule has 34 heavy (non-hydrogen) atoms. The maximum atomic E-state index is 13.8. The fourth-order valence-corrected chi connectivity index (χ4v) is 4.07. The van der Waals surface area contributed by atoms with Crippen LogP contribution in [0.3, 0.4) is 0 Å². The number of nitrogens with one attached hydrogen (secondary N) is 1. The van der Waals surface area contributed by atoms with E-state index in [9.17, 15) is 14.4 Å². The highest BCUT2D eigenvalue weighted by atomic mass is 32.1. The summed E-state index contributed by atoms with van der Waals surface area (Å²) in [5, 5.41) is 2.94. The fraction of sp³-hybridized carbons (Fsp3) is 0.304. The van der Waals surface area contributed by atoms with E-state index < -0.39 is 29.3 Å². The summed E-state index contributed by atoms with van der Waals surface area (Å²) in [7, 11) is 1.54. The number of aromatic nitrogens is 1. The molecule has 3 amide bonds. The molecular weight excluding hydrogens is 458 g/mol. The molecular formula is C23H27N5O5S. The number of rotatable bonds is 8. The third kappa shape index (κ3) is 5.54. The van der Waals surface area contributed by atoms with Gasteiger partial charge in [-0.25, -0.2) is 0 Å². The minimum Gasteiger partial charge on any atom is -0.497 e.